The molecule has 28 heavy (non-hydrogen) atoms. The topological polar surface area (TPSA) is 72.2 Å². The molecule has 1 N–H and O–H groups in total. The summed E-state index contributed by atoms with van der Waals surface area (Å²) in [5, 5.41) is 3.73. The minimum atomic E-state index is -0.309. The van der Waals surface area contributed by atoms with Crippen molar-refractivity contribution in [1.82, 2.24) is 4.98 Å². The summed E-state index contributed by atoms with van der Waals surface area (Å²) in [6.45, 7) is 1.93. The highest BCUT2D eigenvalue weighted by Crippen LogP contribution is 2.23. The van der Waals surface area contributed by atoms with Gasteiger partial charge in [-0.1, -0.05) is 35.4 Å². The molecule has 1 amide bonds. The van der Waals surface area contributed by atoms with E-state index in [-0.39, 0.29) is 11.3 Å². The number of nitrogens with one attached hydrogen (secondary N) is 1. The van der Waals surface area contributed by atoms with Crippen molar-refractivity contribution >= 4 is 34.3 Å². The van der Waals surface area contributed by atoms with E-state index in [1.807, 2.05) is 19.1 Å². The molecule has 0 aliphatic carbocycles. The van der Waals surface area contributed by atoms with Crippen LogP contribution in [0, 0.1) is 6.92 Å². The van der Waals surface area contributed by atoms with Crippen LogP contribution in [0.5, 0.6) is 0 Å². The quantitative estimate of drug-likeness (QED) is 0.530. The maximum absolute atomic E-state index is 12.4. The smallest absolute Gasteiger partial charge is 0.256 e. The molecule has 2 heterocycles. The van der Waals surface area contributed by atoms with E-state index in [2.05, 4.69) is 10.3 Å². The number of aryl methyl sites for hydroxylation is 1. The average Bonchev–Trinajstić information content (AvgIpc) is 2.68. The number of hydrogen-bond donors (Lipinski definition) is 1. The molecule has 0 fully saturated rings. The van der Waals surface area contributed by atoms with Crippen LogP contribution in [-0.2, 0) is 0 Å². The van der Waals surface area contributed by atoms with Crippen molar-refractivity contribution in [3.05, 3.63) is 93.2 Å². The molecule has 0 bridgehead atoms. The first kappa shape index (κ1) is 17.9. The molecule has 0 radical (unpaired) electrons. The monoisotopic (exact) mass is 390 g/mol. The van der Waals surface area contributed by atoms with E-state index in [1.165, 1.54) is 12.3 Å². The summed E-state index contributed by atoms with van der Waals surface area (Å²) in [7, 11) is 0. The number of pyridine rings is 1. The van der Waals surface area contributed by atoms with Gasteiger partial charge in [-0.3, -0.25) is 9.59 Å². The number of benzene rings is 2. The van der Waals surface area contributed by atoms with Crippen molar-refractivity contribution in [3.63, 3.8) is 0 Å². The summed E-state index contributed by atoms with van der Waals surface area (Å²) >= 11 is 5.90. The van der Waals surface area contributed by atoms with Crippen LogP contribution in [-0.4, -0.2) is 10.9 Å². The molecule has 0 unspecified atom stereocenters. The number of nitrogens with zero attached hydrogens (tertiary/aromatic N) is 1. The molecule has 6 heteroatoms. The molecule has 0 spiro atoms. The maximum atomic E-state index is 12.4. The number of carbonyl (C=O) groups excluding carboxylic acids is 1. The van der Waals surface area contributed by atoms with Crippen molar-refractivity contribution in [3.8, 4) is 11.3 Å². The second-order valence-electron chi connectivity index (χ2n) is 6.37. The number of halogens is 1. The van der Waals surface area contributed by atoms with E-state index in [1.54, 1.807) is 42.5 Å². The lowest BCUT2D eigenvalue weighted by atomic mass is 10.1. The van der Waals surface area contributed by atoms with E-state index in [4.69, 9.17) is 16.0 Å². The van der Waals surface area contributed by atoms with Crippen LogP contribution >= 0.6 is 11.6 Å². The van der Waals surface area contributed by atoms with Crippen LogP contribution < -0.4 is 10.7 Å². The van der Waals surface area contributed by atoms with Gasteiger partial charge in [-0.2, -0.15) is 0 Å². The van der Waals surface area contributed by atoms with Crippen LogP contribution in [0.1, 0.15) is 15.9 Å². The van der Waals surface area contributed by atoms with Gasteiger partial charge in [0.05, 0.1) is 5.39 Å². The van der Waals surface area contributed by atoms with E-state index in [0.29, 0.717) is 38.7 Å². The van der Waals surface area contributed by atoms with Crippen molar-refractivity contribution < 1.29 is 9.21 Å². The van der Waals surface area contributed by atoms with Crippen LogP contribution in [0.25, 0.3) is 22.3 Å². The summed E-state index contributed by atoms with van der Waals surface area (Å²) in [5.74, 6) is 0.513. The van der Waals surface area contributed by atoms with Gasteiger partial charge in [0.2, 0.25) is 0 Å². The molecule has 0 saturated heterocycles. The molecule has 0 atom stereocenters. The summed E-state index contributed by atoms with van der Waals surface area (Å²) in [4.78, 5) is 28.8. The number of fused-ring (bicyclic) bond motifs is 1. The van der Waals surface area contributed by atoms with Gasteiger partial charge in [0.25, 0.3) is 5.91 Å². The van der Waals surface area contributed by atoms with Gasteiger partial charge in [0, 0.05) is 28.4 Å². The summed E-state index contributed by atoms with van der Waals surface area (Å²) in [6, 6.07) is 16.9. The van der Waals surface area contributed by atoms with Crippen LogP contribution in [0.15, 0.2) is 76.1 Å². The Morgan fingerprint density at radius 2 is 1.82 bits per heavy atom. The highest BCUT2D eigenvalue weighted by molar-refractivity contribution is 6.30. The molecule has 5 nitrogen and oxygen atoms in total. The van der Waals surface area contributed by atoms with Crippen molar-refractivity contribution in [2.45, 2.75) is 6.92 Å². The second-order valence-corrected chi connectivity index (χ2v) is 6.80. The first-order valence-electron chi connectivity index (χ1n) is 8.57. The Labute approximate surface area is 165 Å². The van der Waals surface area contributed by atoms with Gasteiger partial charge in [-0.05, 0) is 43.3 Å². The molecular formula is C22H15ClN2O3. The van der Waals surface area contributed by atoms with Gasteiger partial charge < -0.3 is 9.73 Å². The number of aromatic nitrogens is 1. The van der Waals surface area contributed by atoms with E-state index in [0.717, 1.165) is 5.56 Å². The standard InChI is InChI=1S/C22H15ClN2O3/c1-13-2-7-19-17(10-13)18(26)12-20(28-19)14-3-5-15(6-4-14)22(27)25-21-11-16(23)8-9-24-21/h2-12H,1H3,(H,24,25,27). The van der Waals surface area contributed by atoms with Gasteiger partial charge in [0.15, 0.2) is 5.43 Å². The lowest BCUT2D eigenvalue weighted by Gasteiger charge is -2.07. The molecule has 138 valence electrons. The summed E-state index contributed by atoms with van der Waals surface area (Å²) in [5.41, 5.74) is 2.58. The van der Waals surface area contributed by atoms with Crippen molar-refractivity contribution in [1.29, 1.82) is 0 Å². The number of anilines is 1. The Balaban J connectivity index is 1.61. The number of amides is 1. The van der Waals surface area contributed by atoms with Crippen LogP contribution in [0.4, 0.5) is 5.82 Å². The van der Waals surface area contributed by atoms with E-state index >= 15 is 0 Å². The SMILES string of the molecule is Cc1ccc2oc(-c3ccc(C(=O)Nc4cc(Cl)ccn4)cc3)cc(=O)c2c1. The summed E-state index contributed by atoms with van der Waals surface area (Å²) < 4.78 is 5.87. The normalized spacial score (nSPS) is 10.8. The molecule has 0 aliphatic rings. The van der Waals surface area contributed by atoms with Gasteiger partial charge in [-0.25, -0.2) is 4.98 Å². The van der Waals surface area contributed by atoms with E-state index in [9.17, 15) is 9.59 Å². The molecule has 2 aromatic heterocycles. The van der Waals surface area contributed by atoms with Crippen LogP contribution in [0.3, 0.4) is 0 Å². The Morgan fingerprint density at radius 3 is 2.57 bits per heavy atom. The summed E-state index contributed by atoms with van der Waals surface area (Å²) in [6.07, 6.45) is 1.52. The molecule has 0 saturated carbocycles. The molecule has 4 aromatic rings. The zero-order valence-corrected chi connectivity index (χ0v) is 15.7. The van der Waals surface area contributed by atoms with Crippen LogP contribution in [0.2, 0.25) is 5.02 Å². The zero-order chi connectivity index (χ0) is 19.7. The number of rotatable bonds is 3. The van der Waals surface area contributed by atoms with Gasteiger partial charge in [0.1, 0.15) is 17.2 Å². The predicted octanol–water partition coefficient (Wildman–Crippen LogP) is 5.07. The van der Waals surface area contributed by atoms with Gasteiger partial charge in [-0.15, -0.1) is 0 Å². The molecular weight excluding hydrogens is 376 g/mol. The Morgan fingerprint density at radius 1 is 1.04 bits per heavy atom. The third-order valence-corrected chi connectivity index (χ3v) is 4.51. The Kier molecular flexibility index (Phi) is 4.67. The Hall–Kier alpha value is -3.44. The van der Waals surface area contributed by atoms with Crippen molar-refractivity contribution in [2.24, 2.45) is 0 Å². The van der Waals surface area contributed by atoms with Gasteiger partial charge >= 0.3 is 0 Å². The fraction of sp³-hybridized carbons (Fsp3) is 0.0455. The molecule has 0 aliphatic heterocycles. The molecule has 4 rings (SSSR count). The largest absolute Gasteiger partial charge is 0.456 e. The first-order chi connectivity index (χ1) is 13.5. The lowest BCUT2D eigenvalue weighted by Crippen LogP contribution is -2.12. The van der Waals surface area contributed by atoms with E-state index < -0.39 is 0 Å². The number of carbonyl (C=O) groups is 1. The molecule has 2 aromatic carbocycles. The zero-order valence-electron chi connectivity index (χ0n) is 14.9. The first-order valence-corrected chi connectivity index (χ1v) is 8.95. The minimum absolute atomic E-state index is 0.103. The maximum Gasteiger partial charge on any atom is 0.256 e. The third kappa shape index (κ3) is 3.66. The fourth-order valence-electron chi connectivity index (χ4n) is 2.86. The Bertz CT molecular complexity index is 1250. The fourth-order valence-corrected chi connectivity index (χ4v) is 3.02. The lowest BCUT2D eigenvalue weighted by molar-refractivity contribution is 0.102. The predicted molar refractivity (Wildman–Crippen MR) is 110 cm³/mol. The highest BCUT2D eigenvalue weighted by Gasteiger charge is 2.10. The minimum Gasteiger partial charge on any atom is -0.456 e. The number of hydrogen-bond acceptors (Lipinski definition) is 4. The third-order valence-electron chi connectivity index (χ3n) is 4.28. The average molecular weight is 391 g/mol. The van der Waals surface area contributed by atoms with Crippen molar-refractivity contribution in [2.75, 3.05) is 5.32 Å². The second kappa shape index (κ2) is 7.29. The highest BCUT2D eigenvalue weighted by atomic mass is 35.5.